The summed E-state index contributed by atoms with van der Waals surface area (Å²) in [5, 5.41) is 18.3. The van der Waals surface area contributed by atoms with E-state index in [1.807, 2.05) is 11.5 Å². The number of hydrogen-bond donors (Lipinski definition) is 4. The molecule has 3 aromatic rings. The summed E-state index contributed by atoms with van der Waals surface area (Å²) in [6.45, 7) is 11.9. The van der Waals surface area contributed by atoms with Gasteiger partial charge in [-0.2, -0.15) is 0 Å². The number of thiophene rings is 1. The van der Waals surface area contributed by atoms with Gasteiger partial charge in [-0.05, 0) is 58.1 Å². The van der Waals surface area contributed by atoms with Crippen LogP contribution in [0.3, 0.4) is 0 Å². The molecule has 7 N–H and O–H groups in total. The Morgan fingerprint density at radius 3 is 2.51 bits per heavy atom. The Morgan fingerprint density at radius 1 is 1.15 bits per heavy atom. The van der Waals surface area contributed by atoms with Crippen LogP contribution in [-0.2, 0) is 16.0 Å². The third-order valence-corrected chi connectivity index (χ3v) is 11.3. The lowest BCUT2D eigenvalue weighted by atomic mass is 10.1. The summed E-state index contributed by atoms with van der Waals surface area (Å²) in [4.78, 5) is 9.65. The molecule has 2 aromatic heterocycles. The Bertz CT molecular complexity index is 1610. The first-order valence-electron chi connectivity index (χ1n) is 16.8. The number of hydrazone groups is 1. The molecule has 1 saturated carbocycles. The van der Waals surface area contributed by atoms with Crippen LogP contribution in [0.15, 0.2) is 23.6 Å². The number of hydrogen-bond acceptors (Lipinski definition) is 12. The lowest BCUT2D eigenvalue weighted by Crippen LogP contribution is -2.54. The molecule has 2 bridgehead atoms. The van der Waals surface area contributed by atoms with Gasteiger partial charge < -0.3 is 36.3 Å². The Kier molecular flexibility index (Phi) is 8.75. The van der Waals surface area contributed by atoms with Gasteiger partial charge in [-0.1, -0.05) is 6.07 Å². The number of anilines is 3. The maximum Gasteiger partial charge on any atom is 0.260 e. The van der Waals surface area contributed by atoms with Gasteiger partial charge in [-0.25, -0.2) is 9.37 Å². The number of nitrogen functional groups attached to an aromatic ring is 3. The number of morpholine rings is 1. The van der Waals surface area contributed by atoms with E-state index in [9.17, 15) is 9.50 Å². The molecule has 12 nitrogen and oxygen atoms in total. The summed E-state index contributed by atoms with van der Waals surface area (Å²) in [6, 6.07) is 3.81. The fourth-order valence-electron chi connectivity index (χ4n) is 7.84. The number of aromatic nitrogens is 2. The van der Waals surface area contributed by atoms with Crippen LogP contribution in [0.25, 0.3) is 10.1 Å². The molecule has 0 amide bonds. The summed E-state index contributed by atoms with van der Waals surface area (Å²) in [5.74, 6) is 0.485. The zero-order chi connectivity index (χ0) is 33.0. The van der Waals surface area contributed by atoms with Crippen molar-refractivity contribution >= 4 is 43.8 Å². The number of rotatable bonds is 10. The van der Waals surface area contributed by atoms with Crippen LogP contribution in [0.1, 0.15) is 57.7 Å². The summed E-state index contributed by atoms with van der Waals surface area (Å²) in [5.41, 5.74) is 20.9. The van der Waals surface area contributed by atoms with E-state index in [0.717, 1.165) is 75.3 Å². The minimum atomic E-state index is -0.369. The highest BCUT2D eigenvalue weighted by atomic mass is 32.1. The molecule has 5 atom stereocenters. The van der Waals surface area contributed by atoms with Crippen LogP contribution < -0.4 is 17.2 Å². The van der Waals surface area contributed by atoms with E-state index in [0.29, 0.717) is 70.0 Å². The van der Waals surface area contributed by atoms with E-state index in [-0.39, 0.29) is 29.5 Å². The van der Waals surface area contributed by atoms with Gasteiger partial charge in [0.1, 0.15) is 16.6 Å². The quantitative estimate of drug-likeness (QED) is 0.187. The number of ether oxygens (including phenoxy) is 2. The van der Waals surface area contributed by atoms with Gasteiger partial charge in [0, 0.05) is 49.1 Å². The van der Waals surface area contributed by atoms with Crippen LogP contribution >= 0.6 is 11.3 Å². The molecule has 0 radical (unpaired) electrons. The predicted octanol–water partition coefficient (Wildman–Crippen LogP) is 3.13. The highest BCUT2D eigenvalue weighted by Crippen LogP contribution is 2.47. The average molecular weight is 670 g/mol. The fourth-order valence-corrected chi connectivity index (χ4v) is 8.78. The van der Waals surface area contributed by atoms with Crippen LogP contribution in [0.4, 0.5) is 20.9 Å². The Labute approximate surface area is 279 Å². The number of fused-ring (bicyclic) bond motifs is 3. The minimum absolute atomic E-state index is 0.0555. The molecule has 3 unspecified atom stereocenters. The number of nitrogens with zero attached hydrogens (tertiary/aromatic N) is 6. The molecule has 256 valence electrons. The van der Waals surface area contributed by atoms with E-state index < -0.39 is 0 Å². The second-order valence-corrected chi connectivity index (χ2v) is 15.4. The largest absolute Gasteiger partial charge is 0.474 e. The lowest BCUT2D eigenvalue weighted by molar-refractivity contribution is -0.0742. The topological polar surface area (TPSA) is 157 Å². The lowest BCUT2D eigenvalue weighted by Gasteiger charge is -2.40. The summed E-state index contributed by atoms with van der Waals surface area (Å²) in [7, 11) is 0. The van der Waals surface area contributed by atoms with Crippen molar-refractivity contribution in [3.05, 3.63) is 35.5 Å². The van der Waals surface area contributed by atoms with Gasteiger partial charge in [-0.15, -0.1) is 16.4 Å². The first kappa shape index (κ1) is 32.4. The van der Waals surface area contributed by atoms with Crippen LogP contribution in [-0.4, -0.2) is 112 Å². The molecule has 1 aromatic carbocycles. The third-order valence-electron chi connectivity index (χ3n) is 10.2. The molecule has 4 aliphatic rings. The molecule has 3 aliphatic heterocycles. The SMILES string of the molecule is CC(O)CN1C2CCC1CN(/N=C(/OCC1(CN3C[C@@H](C)O[C@@H](C)C3)CC1)c1ncn(Cc3ccc(F)c4sc(N)c(N)c34)c1N)C2. The van der Waals surface area contributed by atoms with E-state index in [4.69, 9.17) is 36.8 Å². The van der Waals surface area contributed by atoms with Crippen molar-refractivity contribution in [3.8, 4) is 0 Å². The number of piperazine rings is 1. The van der Waals surface area contributed by atoms with E-state index >= 15 is 0 Å². The Morgan fingerprint density at radius 2 is 1.85 bits per heavy atom. The van der Waals surface area contributed by atoms with Crippen molar-refractivity contribution in [3.63, 3.8) is 0 Å². The van der Waals surface area contributed by atoms with Gasteiger partial charge in [0.05, 0.1) is 61.3 Å². The van der Waals surface area contributed by atoms with Gasteiger partial charge in [-0.3, -0.25) is 14.8 Å². The van der Waals surface area contributed by atoms with Gasteiger partial charge in [0.25, 0.3) is 5.90 Å². The maximum atomic E-state index is 14.6. The smallest absolute Gasteiger partial charge is 0.260 e. The van der Waals surface area contributed by atoms with Crippen LogP contribution in [0, 0.1) is 11.2 Å². The number of aliphatic hydroxyl groups excluding tert-OH is 1. The minimum Gasteiger partial charge on any atom is -0.474 e. The molecule has 47 heavy (non-hydrogen) atoms. The second kappa shape index (κ2) is 12.7. The molecular weight excluding hydrogens is 621 g/mol. The summed E-state index contributed by atoms with van der Waals surface area (Å²) in [6.07, 6.45) is 6.08. The van der Waals surface area contributed by atoms with E-state index in [1.54, 1.807) is 12.4 Å². The first-order valence-corrected chi connectivity index (χ1v) is 17.6. The number of aliphatic hydroxyl groups is 1. The Balaban J connectivity index is 1.14. The highest BCUT2D eigenvalue weighted by Gasteiger charge is 2.46. The van der Waals surface area contributed by atoms with Gasteiger partial charge in [0.15, 0.2) is 5.69 Å². The van der Waals surface area contributed by atoms with Crippen molar-refractivity contribution in [2.75, 3.05) is 63.1 Å². The summed E-state index contributed by atoms with van der Waals surface area (Å²) >= 11 is 1.15. The van der Waals surface area contributed by atoms with E-state index in [1.165, 1.54) is 6.07 Å². The normalized spacial score (nSPS) is 27.1. The molecule has 0 spiro atoms. The first-order chi connectivity index (χ1) is 22.5. The summed E-state index contributed by atoms with van der Waals surface area (Å²) < 4.78 is 29.5. The molecule has 7 rings (SSSR count). The molecule has 14 heteroatoms. The standard InChI is InChI=1S/C33H48FN9O3S/c1-19(44)10-43-23-5-6-24(43)15-42(14-23)39-32(45-17-33(8-9-33)16-40-11-20(2)46-21(3)12-40)28-30(36)41(18-38-28)13-22-4-7-25(34)29-26(22)27(35)31(37)47-29/h4,7,18-21,23-24,44H,5-6,8-17,35-37H2,1-3H3/b39-32+/t19?,20-,21+,23?,24?. The van der Waals surface area contributed by atoms with Crippen LogP contribution in [0.5, 0.6) is 0 Å². The monoisotopic (exact) mass is 669 g/mol. The van der Waals surface area contributed by atoms with Crippen molar-refractivity contribution < 1.29 is 19.0 Å². The third kappa shape index (κ3) is 6.62. The molecule has 1 aliphatic carbocycles. The van der Waals surface area contributed by atoms with Crippen molar-refractivity contribution in [2.24, 2.45) is 10.5 Å². The zero-order valence-electron chi connectivity index (χ0n) is 27.6. The van der Waals surface area contributed by atoms with E-state index in [2.05, 4.69) is 28.7 Å². The number of benzene rings is 1. The molecule has 4 fully saturated rings. The van der Waals surface area contributed by atoms with Crippen molar-refractivity contribution in [1.82, 2.24) is 24.4 Å². The molecule has 5 heterocycles. The molecular formula is C33H48FN9O3S. The second-order valence-electron chi connectivity index (χ2n) is 14.3. The van der Waals surface area contributed by atoms with Crippen molar-refractivity contribution in [2.45, 2.75) is 83.4 Å². The fraction of sp³-hybridized carbons (Fsp3) is 0.636. The van der Waals surface area contributed by atoms with Crippen molar-refractivity contribution in [1.29, 1.82) is 0 Å². The highest BCUT2D eigenvalue weighted by molar-refractivity contribution is 7.23. The average Bonchev–Trinajstić information content (AvgIpc) is 3.50. The molecule has 3 saturated heterocycles. The van der Waals surface area contributed by atoms with Crippen LogP contribution in [0.2, 0.25) is 0 Å². The number of nitrogens with two attached hydrogens (primary N) is 3. The maximum absolute atomic E-state index is 14.6. The zero-order valence-corrected chi connectivity index (χ0v) is 28.4. The van der Waals surface area contributed by atoms with Gasteiger partial charge in [0.2, 0.25) is 0 Å². The number of imidazole rings is 1. The predicted molar refractivity (Wildman–Crippen MR) is 184 cm³/mol. The van der Waals surface area contributed by atoms with Gasteiger partial charge >= 0.3 is 0 Å². The Hall–Kier alpha value is -3.17. The number of halogens is 1.